The topological polar surface area (TPSA) is 29.9 Å². The Morgan fingerprint density at radius 2 is 2.10 bits per heavy atom. The number of rotatable bonds is 6. The van der Waals surface area contributed by atoms with Crippen molar-refractivity contribution in [1.82, 2.24) is 15.1 Å². The minimum absolute atomic E-state index is 0.482. The van der Waals surface area contributed by atoms with Crippen LogP contribution in [0.15, 0.2) is 30.5 Å². The second-order valence-electron chi connectivity index (χ2n) is 5.64. The summed E-state index contributed by atoms with van der Waals surface area (Å²) in [6.07, 6.45) is 2.01. The summed E-state index contributed by atoms with van der Waals surface area (Å²) >= 11 is 0. The first kappa shape index (κ1) is 14.8. The highest BCUT2D eigenvalue weighted by Crippen LogP contribution is 2.20. The fourth-order valence-corrected chi connectivity index (χ4v) is 2.61. The van der Waals surface area contributed by atoms with Gasteiger partial charge in [0.2, 0.25) is 0 Å². The number of aryl methyl sites for hydroxylation is 1. The summed E-state index contributed by atoms with van der Waals surface area (Å²) < 4.78 is 2.14. The van der Waals surface area contributed by atoms with Gasteiger partial charge in [-0.15, -0.1) is 0 Å². The zero-order valence-corrected chi connectivity index (χ0v) is 13.0. The van der Waals surface area contributed by atoms with Crippen molar-refractivity contribution in [2.45, 2.75) is 46.7 Å². The number of nitrogens with one attached hydrogen (secondary N) is 1. The molecule has 0 bridgehead atoms. The van der Waals surface area contributed by atoms with Gasteiger partial charge < -0.3 is 5.32 Å². The van der Waals surface area contributed by atoms with Gasteiger partial charge in [-0.25, -0.2) is 0 Å². The highest BCUT2D eigenvalue weighted by atomic mass is 15.3. The number of aromatic nitrogens is 2. The molecule has 0 fully saturated rings. The molecule has 108 valence electrons. The highest BCUT2D eigenvalue weighted by Gasteiger charge is 2.14. The van der Waals surface area contributed by atoms with Crippen molar-refractivity contribution in [3.05, 3.63) is 52.8 Å². The third-order valence-electron chi connectivity index (χ3n) is 3.49. The van der Waals surface area contributed by atoms with Crippen LogP contribution in [0.25, 0.3) is 0 Å². The van der Waals surface area contributed by atoms with Crippen LogP contribution in [0.2, 0.25) is 0 Å². The van der Waals surface area contributed by atoms with Crippen molar-refractivity contribution < 1.29 is 0 Å². The van der Waals surface area contributed by atoms with Gasteiger partial charge in [-0.2, -0.15) is 5.10 Å². The van der Waals surface area contributed by atoms with E-state index < -0.39 is 0 Å². The second kappa shape index (κ2) is 6.71. The van der Waals surface area contributed by atoms with Gasteiger partial charge in [0, 0.05) is 17.8 Å². The Balaban J connectivity index is 2.25. The average molecular weight is 271 g/mol. The van der Waals surface area contributed by atoms with Crippen LogP contribution in [-0.2, 0) is 13.1 Å². The molecule has 2 rings (SSSR count). The zero-order chi connectivity index (χ0) is 14.5. The first-order valence-electron chi connectivity index (χ1n) is 7.42. The Kier molecular flexibility index (Phi) is 4.96. The molecule has 0 unspecified atom stereocenters. The lowest BCUT2D eigenvalue weighted by molar-refractivity contribution is 0.608. The molecule has 20 heavy (non-hydrogen) atoms. The molecule has 0 aliphatic carbocycles. The fourth-order valence-electron chi connectivity index (χ4n) is 2.61. The SMILES string of the molecule is CCNCc1cnn(Cc2cccc(C)c2)c1C(C)C. The molecule has 0 amide bonds. The Labute approximate surface area is 122 Å². The van der Waals surface area contributed by atoms with Crippen molar-refractivity contribution in [2.24, 2.45) is 0 Å². The maximum Gasteiger partial charge on any atom is 0.0662 e. The molecule has 2 aromatic rings. The van der Waals surface area contributed by atoms with E-state index in [-0.39, 0.29) is 0 Å². The van der Waals surface area contributed by atoms with Gasteiger partial charge in [-0.3, -0.25) is 4.68 Å². The van der Waals surface area contributed by atoms with Crippen molar-refractivity contribution in [3.63, 3.8) is 0 Å². The van der Waals surface area contributed by atoms with Gasteiger partial charge in [0.05, 0.1) is 12.7 Å². The van der Waals surface area contributed by atoms with E-state index in [0.717, 1.165) is 19.6 Å². The lowest BCUT2D eigenvalue weighted by atomic mass is 10.1. The smallest absolute Gasteiger partial charge is 0.0662 e. The van der Waals surface area contributed by atoms with Crippen LogP contribution < -0.4 is 5.32 Å². The van der Waals surface area contributed by atoms with Crippen molar-refractivity contribution >= 4 is 0 Å². The fraction of sp³-hybridized carbons (Fsp3) is 0.471. The minimum atomic E-state index is 0.482. The molecule has 0 saturated carbocycles. The second-order valence-corrected chi connectivity index (χ2v) is 5.64. The van der Waals surface area contributed by atoms with Crippen LogP contribution in [0.3, 0.4) is 0 Å². The molecule has 0 aliphatic rings. The largest absolute Gasteiger partial charge is 0.313 e. The number of hydrogen-bond donors (Lipinski definition) is 1. The van der Waals surface area contributed by atoms with E-state index in [0.29, 0.717) is 5.92 Å². The Hall–Kier alpha value is -1.61. The van der Waals surface area contributed by atoms with Gasteiger partial charge in [0.25, 0.3) is 0 Å². The highest BCUT2D eigenvalue weighted by molar-refractivity contribution is 5.25. The zero-order valence-electron chi connectivity index (χ0n) is 13.0. The summed E-state index contributed by atoms with van der Waals surface area (Å²) in [4.78, 5) is 0. The van der Waals surface area contributed by atoms with E-state index in [1.165, 1.54) is 22.4 Å². The molecule has 3 heteroatoms. The standard InChI is InChI=1S/C17H25N3/c1-5-18-10-16-11-19-20(17(16)13(2)3)12-15-8-6-7-14(4)9-15/h6-9,11,13,18H,5,10,12H2,1-4H3. The quantitative estimate of drug-likeness (QED) is 0.872. The predicted octanol–water partition coefficient (Wildman–Crippen LogP) is 3.47. The minimum Gasteiger partial charge on any atom is -0.313 e. The number of benzene rings is 1. The molecule has 0 saturated heterocycles. The molecule has 0 atom stereocenters. The van der Waals surface area contributed by atoms with E-state index in [1.54, 1.807) is 0 Å². The van der Waals surface area contributed by atoms with Gasteiger partial charge in [-0.05, 0) is 24.9 Å². The molecule has 1 aromatic heterocycles. The lowest BCUT2D eigenvalue weighted by Gasteiger charge is -2.13. The van der Waals surface area contributed by atoms with Crippen LogP contribution in [0.4, 0.5) is 0 Å². The van der Waals surface area contributed by atoms with Crippen LogP contribution >= 0.6 is 0 Å². The summed E-state index contributed by atoms with van der Waals surface area (Å²) in [5.74, 6) is 0.482. The predicted molar refractivity (Wildman–Crippen MR) is 84.0 cm³/mol. The van der Waals surface area contributed by atoms with Gasteiger partial charge in [0.15, 0.2) is 0 Å². The van der Waals surface area contributed by atoms with Crippen molar-refractivity contribution in [2.75, 3.05) is 6.54 Å². The van der Waals surface area contributed by atoms with Crippen LogP contribution in [0.5, 0.6) is 0 Å². The maximum atomic E-state index is 4.59. The monoisotopic (exact) mass is 271 g/mol. The number of nitrogens with zero attached hydrogens (tertiary/aromatic N) is 2. The lowest BCUT2D eigenvalue weighted by Crippen LogP contribution is -2.15. The summed E-state index contributed by atoms with van der Waals surface area (Å²) in [5, 5.41) is 7.98. The Morgan fingerprint density at radius 3 is 2.75 bits per heavy atom. The van der Waals surface area contributed by atoms with Gasteiger partial charge in [0.1, 0.15) is 0 Å². The molecule has 1 aromatic carbocycles. The van der Waals surface area contributed by atoms with E-state index in [4.69, 9.17) is 0 Å². The van der Waals surface area contributed by atoms with E-state index in [9.17, 15) is 0 Å². The summed E-state index contributed by atoms with van der Waals surface area (Å²) in [6.45, 7) is 11.5. The Morgan fingerprint density at radius 1 is 1.30 bits per heavy atom. The van der Waals surface area contributed by atoms with Crippen LogP contribution in [-0.4, -0.2) is 16.3 Å². The maximum absolute atomic E-state index is 4.59. The average Bonchev–Trinajstić information content (AvgIpc) is 2.79. The van der Waals surface area contributed by atoms with Crippen molar-refractivity contribution in [3.8, 4) is 0 Å². The number of hydrogen-bond acceptors (Lipinski definition) is 2. The molecule has 1 heterocycles. The molecule has 0 radical (unpaired) electrons. The van der Waals surface area contributed by atoms with Gasteiger partial charge >= 0.3 is 0 Å². The first-order valence-corrected chi connectivity index (χ1v) is 7.42. The molecular formula is C17H25N3. The third-order valence-corrected chi connectivity index (χ3v) is 3.49. The molecule has 0 spiro atoms. The first-order chi connectivity index (χ1) is 9.61. The van der Waals surface area contributed by atoms with E-state index >= 15 is 0 Å². The van der Waals surface area contributed by atoms with Crippen LogP contribution in [0.1, 0.15) is 49.1 Å². The van der Waals surface area contributed by atoms with E-state index in [1.807, 2.05) is 6.20 Å². The van der Waals surface area contributed by atoms with Crippen molar-refractivity contribution in [1.29, 1.82) is 0 Å². The van der Waals surface area contributed by atoms with Crippen LogP contribution in [0, 0.1) is 6.92 Å². The molecule has 0 aliphatic heterocycles. The summed E-state index contributed by atoms with van der Waals surface area (Å²) in [6, 6.07) is 8.65. The summed E-state index contributed by atoms with van der Waals surface area (Å²) in [5.41, 5.74) is 5.26. The van der Waals surface area contributed by atoms with E-state index in [2.05, 4.69) is 67.1 Å². The summed E-state index contributed by atoms with van der Waals surface area (Å²) in [7, 11) is 0. The third kappa shape index (κ3) is 3.48. The molecule has 1 N–H and O–H groups in total. The molecular weight excluding hydrogens is 246 g/mol. The van der Waals surface area contributed by atoms with Gasteiger partial charge in [-0.1, -0.05) is 50.6 Å². The normalized spacial score (nSPS) is 11.2. The molecule has 3 nitrogen and oxygen atoms in total. The Bertz CT molecular complexity index is 555.